The molecule has 3 rings (SSSR count). The van der Waals surface area contributed by atoms with Gasteiger partial charge in [0.15, 0.2) is 6.10 Å². The molecule has 0 heterocycles. The maximum absolute atomic E-state index is 13.4. The number of urea groups is 1. The van der Waals surface area contributed by atoms with E-state index < -0.39 is 41.4 Å². The summed E-state index contributed by atoms with van der Waals surface area (Å²) in [6, 6.07) is 8.80. The van der Waals surface area contributed by atoms with E-state index in [2.05, 4.69) is 10.6 Å². The quantitative estimate of drug-likeness (QED) is 0.494. The van der Waals surface area contributed by atoms with E-state index >= 15 is 0 Å². The summed E-state index contributed by atoms with van der Waals surface area (Å²) in [6.07, 6.45) is -7.57. The average molecular weight is 467 g/mol. The molecule has 2 aromatic rings. The molecular formula is C24H29F3N2O4. The van der Waals surface area contributed by atoms with Gasteiger partial charge in [-0.3, -0.25) is 0 Å². The lowest BCUT2D eigenvalue weighted by Gasteiger charge is -2.28. The molecule has 0 fully saturated rings. The zero-order valence-electron chi connectivity index (χ0n) is 19.0. The van der Waals surface area contributed by atoms with Crippen molar-refractivity contribution in [2.24, 2.45) is 0 Å². The Balaban J connectivity index is 1.92. The van der Waals surface area contributed by atoms with Crippen molar-refractivity contribution >= 4 is 11.7 Å². The first-order valence-electron chi connectivity index (χ1n) is 10.7. The second kappa shape index (κ2) is 9.23. The van der Waals surface area contributed by atoms with Gasteiger partial charge in [-0.2, -0.15) is 13.2 Å². The van der Waals surface area contributed by atoms with Crippen LogP contribution in [0.3, 0.4) is 0 Å². The smallest absolute Gasteiger partial charge is 0.418 e. The van der Waals surface area contributed by atoms with E-state index in [1.54, 1.807) is 18.2 Å². The van der Waals surface area contributed by atoms with Crippen LogP contribution in [0, 0.1) is 0 Å². The molecule has 1 aliphatic carbocycles. The molecule has 33 heavy (non-hydrogen) atoms. The molecule has 6 nitrogen and oxygen atoms in total. The minimum absolute atomic E-state index is 0.00248. The topological polar surface area (TPSA) is 90.8 Å². The predicted molar refractivity (Wildman–Crippen MR) is 118 cm³/mol. The number of aliphatic hydroxyl groups is 2. The summed E-state index contributed by atoms with van der Waals surface area (Å²) in [5.41, 5.74) is 1.14. The number of nitrogens with one attached hydrogen (secondary N) is 2. The third-order valence-corrected chi connectivity index (χ3v) is 6.35. The van der Waals surface area contributed by atoms with Gasteiger partial charge in [-0.25, -0.2) is 4.79 Å². The van der Waals surface area contributed by atoms with E-state index in [0.717, 1.165) is 11.1 Å². The van der Waals surface area contributed by atoms with E-state index in [1.165, 1.54) is 13.2 Å². The Morgan fingerprint density at radius 1 is 1.24 bits per heavy atom. The summed E-state index contributed by atoms with van der Waals surface area (Å²) in [5.74, 6) is -0.277. The lowest BCUT2D eigenvalue weighted by Crippen LogP contribution is -2.40. The summed E-state index contributed by atoms with van der Waals surface area (Å²) in [4.78, 5) is 12.8. The number of carbonyl (C=O) groups excluding carboxylic acids is 1. The molecule has 3 unspecified atom stereocenters. The summed E-state index contributed by atoms with van der Waals surface area (Å²) in [6.45, 7) is 5.60. The molecule has 0 bridgehead atoms. The molecule has 0 saturated carbocycles. The molecule has 0 radical (unpaired) electrons. The van der Waals surface area contributed by atoms with Crippen molar-refractivity contribution in [2.75, 3.05) is 12.4 Å². The second-order valence-corrected chi connectivity index (χ2v) is 8.88. The summed E-state index contributed by atoms with van der Waals surface area (Å²) < 4.78 is 45.3. The highest BCUT2D eigenvalue weighted by molar-refractivity contribution is 5.92. The van der Waals surface area contributed by atoms with Crippen molar-refractivity contribution in [1.29, 1.82) is 0 Å². The number of halogens is 3. The Morgan fingerprint density at radius 3 is 2.48 bits per heavy atom. The molecule has 9 heteroatoms. The van der Waals surface area contributed by atoms with E-state index in [-0.39, 0.29) is 11.4 Å². The fourth-order valence-electron chi connectivity index (χ4n) is 3.98. The van der Waals surface area contributed by atoms with Gasteiger partial charge >= 0.3 is 12.2 Å². The van der Waals surface area contributed by atoms with Crippen LogP contribution in [0.2, 0.25) is 0 Å². The number of aliphatic hydroxyl groups excluding tert-OH is 2. The van der Waals surface area contributed by atoms with Gasteiger partial charge in [0.2, 0.25) is 0 Å². The maximum Gasteiger partial charge on any atom is 0.418 e. The second-order valence-electron chi connectivity index (χ2n) is 8.88. The molecule has 0 aromatic heterocycles. The largest absolute Gasteiger partial charge is 0.494 e. The first-order chi connectivity index (χ1) is 15.4. The summed E-state index contributed by atoms with van der Waals surface area (Å²) in [7, 11) is 1.17. The van der Waals surface area contributed by atoms with Crippen LogP contribution in [0.1, 0.15) is 61.7 Å². The van der Waals surface area contributed by atoms with Crippen LogP contribution in [0.5, 0.6) is 5.75 Å². The average Bonchev–Trinajstić information content (AvgIpc) is 3.07. The third-order valence-electron chi connectivity index (χ3n) is 6.35. The minimum Gasteiger partial charge on any atom is -0.494 e. The van der Waals surface area contributed by atoms with E-state index in [9.17, 15) is 28.2 Å². The van der Waals surface area contributed by atoms with Crippen molar-refractivity contribution in [2.45, 2.75) is 63.5 Å². The fraction of sp³-hybridized carbons (Fsp3) is 0.458. The molecule has 0 saturated heterocycles. The van der Waals surface area contributed by atoms with E-state index in [0.29, 0.717) is 18.4 Å². The van der Waals surface area contributed by atoms with Crippen LogP contribution in [-0.2, 0) is 11.8 Å². The highest BCUT2D eigenvalue weighted by Gasteiger charge is 2.42. The number of rotatable bonds is 6. The van der Waals surface area contributed by atoms with E-state index in [1.807, 2.05) is 32.9 Å². The fourth-order valence-corrected chi connectivity index (χ4v) is 3.98. The van der Waals surface area contributed by atoms with Gasteiger partial charge in [0.05, 0.1) is 24.9 Å². The molecule has 4 N–H and O–H groups in total. The molecule has 2 aromatic carbocycles. The van der Waals surface area contributed by atoms with Crippen molar-refractivity contribution in [3.8, 4) is 5.75 Å². The first kappa shape index (κ1) is 24.9. The van der Waals surface area contributed by atoms with Crippen LogP contribution in [-0.4, -0.2) is 35.6 Å². The number of ether oxygens (including phenoxy) is 1. The molecular weight excluding hydrogens is 437 g/mol. The third kappa shape index (κ3) is 5.09. The van der Waals surface area contributed by atoms with Crippen LogP contribution >= 0.6 is 0 Å². The minimum atomic E-state index is -4.92. The van der Waals surface area contributed by atoms with Gasteiger partial charge in [-0.05, 0) is 47.1 Å². The first-order valence-corrected chi connectivity index (χ1v) is 10.7. The van der Waals surface area contributed by atoms with Gasteiger partial charge in [-0.15, -0.1) is 0 Å². The maximum atomic E-state index is 13.4. The molecule has 1 aliphatic rings. The number of hydrogen-bond acceptors (Lipinski definition) is 4. The molecule has 0 aliphatic heterocycles. The van der Waals surface area contributed by atoms with Gasteiger partial charge in [-0.1, -0.05) is 45.0 Å². The molecule has 3 atom stereocenters. The van der Waals surface area contributed by atoms with Crippen LogP contribution in [0.15, 0.2) is 36.4 Å². The van der Waals surface area contributed by atoms with Crippen molar-refractivity contribution < 1.29 is 32.9 Å². The number of anilines is 1. The Hall–Kier alpha value is -2.78. The van der Waals surface area contributed by atoms with Crippen molar-refractivity contribution in [3.05, 3.63) is 58.7 Å². The Labute approximate surface area is 190 Å². The van der Waals surface area contributed by atoms with Crippen LogP contribution in [0.4, 0.5) is 23.7 Å². The molecule has 180 valence electrons. The van der Waals surface area contributed by atoms with Gasteiger partial charge < -0.3 is 25.6 Å². The Bertz CT molecular complexity index is 1020. The predicted octanol–water partition coefficient (Wildman–Crippen LogP) is 4.76. The summed E-state index contributed by atoms with van der Waals surface area (Å²) >= 11 is 0. The van der Waals surface area contributed by atoms with Gasteiger partial charge in [0.25, 0.3) is 0 Å². The van der Waals surface area contributed by atoms with Crippen LogP contribution in [0.25, 0.3) is 0 Å². The lowest BCUT2D eigenvalue weighted by atomic mass is 9.80. The number of hydrogen-bond donors (Lipinski definition) is 4. The SMILES string of the molecule is CCC(C)(C)c1cc(NC(=O)NC2Cc3ccccc3C2O)c(OC)c(C(O)C(F)(F)F)c1. The Morgan fingerprint density at radius 2 is 1.91 bits per heavy atom. The van der Waals surface area contributed by atoms with Gasteiger partial charge in [0, 0.05) is 5.56 Å². The number of amides is 2. The van der Waals surface area contributed by atoms with Crippen molar-refractivity contribution in [1.82, 2.24) is 5.32 Å². The number of carbonyl (C=O) groups is 1. The monoisotopic (exact) mass is 466 g/mol. The van der Waals surface area contributed by atoms with Crippen molar-refractivity contribution in [3.63, 3.8) is 0 Å². The highest BCUT2D eigenvalue weighted by Crippen LogP contribution is 2.44. The highest BCUT2D eigenvalue weighted by atomic mass is 19.4. The number of fused-ring (bicyclic) bond motifs is 1. The van der Waals surface area contributed by atoms with Gasteiger partial charge in [0.1, 0.15) is 5.75 Å². The summed E-state index contributed by atoms with van der Waals surface area (Å²) in [5, 5.41) is 25.7. The lowest BCUT2D eigenvalue weighted by molar-refractivity contribution is -0.207. The zero-order valence-corrected chi connectivity index (χ0v) is 19.0. The standard InChI is InChI=1S/C24H29F3N2O4/c1-5-23(2,3)14-11-16(21(31)24(25,26)27)20(33-4)18(12-14)29-22(32)28-17-10-13-8-6-7-9-15(13)19(17)30/h6-9,11-12,17,19,21,30-31H,5,10H2,1-4H3,(H2,28,29,32). The zero-order chi connectivity index (χ0) is 24.6. The number of alkyl halides is 3. The molecule has 0 spiro atoms. The normalized spacial score (nSPS) is 19.1. The van der Waals surface area contributed by atoms with E-state index in [4.69, 9.17) is 4.74 Å². The van der Waals surface area contributed by atoms with Crippen LogP contribution < -0.4 is 15.4 Å². The Kier molecular flexibility index (Phi) is 6.95. The molecule has 2 amide bonds. The number of benzene rings is 2. The number of methoxy groups -OCH3 is 1.